The van der Waals surface area contributed by atoms with Crippen molar-refractivity contribution in [3.05, 3.63) is 17.7 Å². The van der Waals surface area contributed by atoms with Gasteiger partial charge in [0.15, 0.2) is 0 Å². The SMILES string of the molecule is CCCCc1ccc(O)c(N)c1N. The summed E-state index contributed by atoms with van der Waals surface area (Å²) in [5, 5.41) is 9.24. The molecule has 0 amide bonds. The van der Waals surface area contributed by atoms with E-state index >= 15 is 0 Å². The average molecular weight is 180 g/mol. The molecule has 1 aromatic carbocycles. The number of rotatable bonds is 3. The zero-order chi connectivity index (χ0) is 9.84. The van der Waals surface area contributed by atoms with Crippen LogP contribution in [0.1, 0.15) is 25.3 Å². The summed E-state index contributed by atoms with van der Waals surface area (Å²) in [7, 11) is 0. The molecular weight excluding hydrogens is 164 g/mol. The fourth-order valence-electron chi connectivity index (χ4n) is 1.26. The van der Waals surface area contributed by atoms with Crippen LogP contribution in [0, 0.1) is 0 Å². The van der Waals surface area contributed by atoms with Crippen LogP contribution in [0.3, 0.4) is 0 Å². The molecule has 13 heavy (non-hydrogen) atoms. The maximum atomic E-state index is 9.24. The highest BCUT2D eigenvalue weighted by molar-refractivity contribution is 5.73. The maximum absolute atomic E-state index is 9.24. The minimum atomic E-state index is 0.0674. The molecular formula is C10H16N2O. The van der Waals surface area contributed by atoms with E-state index in [0.29, 0.717) is 11.4 Å². The standard InChI is InChI=1S/C10H16N2O/c1-2-3-4-7-5-6-8(13)10(12)9(7)11/h5-6,13H,2-4,11-12H2,1H3. The minimum absolute atomic E-state index is 0.0674. The number of aromatic hydroxyl groups is 1. The van der Waals surface area contributed by atoms with E-state index in [2.05, 4.69) is 6.92 Å². The van der Waals surface area contributed by atoms with E-state index in [9.17, 15) is 5.11 Å². The van der Waals surface area contributed by atoms with E-state index in [0.717, 1.165) is 24.8 Å². The number of hydrogen-bond acceptors (Lipinski definition) is 3. The topological polar surface area (TPSA) is 72.3 Å². The Bertz CT molecular complexity index is 297. The van der Waals surface area contributed by atoms with Gasteiger partial charge in [0, 0.05) is 0 Å². The van der Waals surface area contributed by atoms with Crippen molar-refractivity contribution in [1.29, 1.82) is 0 Å². The normalized spacial score (nSPS) is 10.2. The maximum Gasteiger partial charge on any atom is 0.140 e. The summed E-state index contributed by atoms with van der Waals surface area (Å²) in [5.41, 5.74) is 13.2. The molecule has 0 bridgehead atoms. The van der Waals surface area contributed by atoms with E-state index in [4.69, 9.17) is 11.5 Å². The highest BCUT2D eigenvalue weighted by Gasteiger charge is 2.05. The van der Waals surface area contributed by atoms with Gasteiger partial charge in [-0.15, -0.1) is 0 Å². The first-order valence-electron chi connectivity index (χ1n) is 4.52. The average Bonchev–Trinajstić information content (AvgIpc) is 2.13. The number of nitrogen functional groups attached to an aromatic ring is 2. The fourth-order valence-corrected chi connectivity index (χ4v) is 1.26. The van der Waals surface area contributed by atoms with Crippen LogP contribution in [-0.4, -0.2) is 5.11 Å². The Balaban J connectivity index is 2.90. The third-order valence-corrected chi connectivity index (χ3v) is 2.15. The van der Waals surface area contributed by atoms with E-state index in [-0.39, 0.29) is 5.75 Å². The second kappa shape index (κ2) is 4.03. The predicted octanol–water partition coefficient (Wildman–Crippen LogP) is 1.90. The van der Waals surface area contributed by atoms with Crippen molar-refractivity contribution in [2.45, 2.75) is 26.2 Å². The number of benzene rings is 1. The molecule has 0 radical (unpaired) electrons. The Morgan fingerprint density at radius 3 is 2.54 bits per heavy atom. The van der Waals surface area contributed by atoms with Crippen LogP contribution in [0.15, 0.2) is 12.1 Å². The van der Waals surface area contributed by atoms with Gasteiger partial charge >= 0.3 is 0 Å². The lowest BCUT2D eigenvalue weighted by atomic mass is 10.1. The Hall–Kier alpha value is -1.38. The van der Waals surface area contributed by atoms with Gasteiger partial charge in [0.05, 0.1) is 11.4 Å². The fraction of sp³-hybridized carbons (Fsp3) is 0.400. The molecule has 0 spiro atoms. The zero-order valence-electron chi connectivity index (χ0n) is 7.88. The number of hydrogen-bond donors (Lipinski definition) is 3. The van der Waals surface area contributed by atoms with E-state index in [1.165, 1.54) is 0 Å². The molecule has 5 N–H and O–H groups in total. The van der Waals surface area contributed by atoms with Gasteiger partial charge in [-0.05, 0) is 24.5 Å². The molecule has 0 fully saturated rings. The van der Waals surface area contributed by atoms with Crippen molar-refractivity contribution in [2.75, 3.05) is 11.5 Å². The molecule has 0 aliphatic rings. The van der Waals surface area contributed by atoms with Crippen LogP contribution in [0.25, 0.3) is 0 Å². The molecule has 0 aliphatic carbocycles. The van der Waals surface area contributed by atoms with Gasteiger partial charge in [0.2, 0.25) is 0 Å². The van der Waals surface area contributed by atoms with Crippen LogP contribution in [0.2, 0.25) is 0 Å². The van der Waals surface area contributed by atoms with Crippen LogP contribution in [-0.2, 0) is 6.42 Å². The quantitative estimate of drug-likeness (QED) is 0.491. The van der Waals surface area contributed by atoms with Crippen molar-refractivity contribution in [3.63, 3.8) is 0 Å². The first-order valence-corrected chi connectivity index (χ1v) is 4.52. The number of nitrogens with two attached hydrogens (primary N) is 2. The summed E-state index contributed by atoms with van der Waals surface area (Å²) < 4.78 is 0. The second-order valence-corrected chi connectivity index (χ2v) is 3.17. The molecule has 1 aromatic rings. The van der Waals surface area contributed by atoms with Gasteiger partial charge in [-0.3, -0.25) is 0 Å². The van der Waals surface area contributed by atoms with Crippen LogP contribution >= 0.6 is 0 Å². The Kier molecular flexibility index (Phi) is 3.01. The first kappa shape index (κ1) is 9.71. The number of aryl methyl sites for hydroxylation is 1. The molecule has 0 unspecified atom stereocenters. The zero-order valence-corrected chi connectivity index (χ0v) is 7.88. The molecule has 0 saturated heterocycles. The lowest BCUT2D eigenvalue weighted by molar-refractivity contribution is 0.478. The number of phenols is 1. The smallest absolute Gasteiger partial charge is 0.140 e. The molecule has 72 valence electrons. The molecule has 0 saturated carbocycles. The van der Waals surface area contributed by atoms with Crippen molar-refractivity contribution in [1.82, 2.24) is 0 Å². The van der Waals surface area contributed by atoms with Crippen LogP contribution in [0.4, 0.5) is 11.4 Å². The molecule has 0 aliphatic heterocycles. The summed E-state index contributed by atoms with van der Waals surface area (Å²) in [5.74, 6) is 0.0674. The van der Waals surface area contributed by atoms with Gasteiger partial charge in [-0.1, -0.05) is 19.4 Å². The third-order valence-electron chi connectivity index (χ3n) is 2.15. The second-order valence-electron chi connectivity index (χ2n) is 3.17. The van der Waals surface area contributed by atoms with Crippen molar-refractivity contribution in [2.24, 2.45) is 0 Å². The van der Waals surface area contributed by atoms with Crippen LogP contribution in [0.5, 0.6) is 5.75 Å². The van der Waals surface area contributed by atoms with Crippen molar-refractivity contribution in [3.8, 4) is 5.75 Å². The van der Waals surface area contributed by atoms with Gasteiger partial charge in [-0.25, -0.2) is 0 Å². The largest absolute Gasteiger partial charge is 0.506 e. The predicted molar refractivity (Wildman–Crippen MR) is 55.5 cm³/mol. The number of anilines is 2. The molecule has 0 atom stereocenters. The minimum Gasteiger partial charge on any atom is -0.506 e. The van der Waals surface area contributed by atoms with Crippen LogP contribution < -0.4 is 11.5 Å². The molecule has 0 aromatic heterocycles. The van der Waals surface area contributed by atoms with Gasteiger partial charge in [0.1, 0.15) is 5.75 Å². The van der Waals surface area contributed by atoms with Gasteiger partial charge in [0.25, 0.3) is 0 Å². The first-order chi connectivity index (χ1) is 6.16. The van der Waals surface area contributed by atoms with Gasteiger partial charge in [-0.2, -0.15) is 0 Å². The van der Waals surface area contributed by atoms with Gasteiger partial charge < -0.3 is 16.6 Å². The van der Waals surface area contributed by atoms with E-state index in [1.54, 1.807) is 6.07 Å². The van der Waals surface area contributed by atoms with E-state index < -0.39 is 0 Å². The third kappa shape index (κ3) is 2.05. The highest BCUT2D eigenvalue weighted by Crippen LogP contribution is 2.29. The Morgan fingerprint density at radius 1 is 1.23 bits per heavy atom. The summed E-state index contributed by atoms with van der Waals surface area (Å²) >= 11 is 0. The summed E-state index contributed by atoms with van der Waals surface area (Å²) in [6, 6.07) is 3.42. The number of phenolic OH excluding ortho intramolecular Hbond substituents is 1. The lowest BCUT2D eigenvalue weighted by Crippen LogP contribution is -2.00. The summed E-state index contributed by atoms with van der Waals surface area (Å²) in [6.07, 6.45) is 3.14. The van der Waals surface area contributed by atoms with Crippen molar-refractivity contribution < 1.29 is 5.11 Å². The van der Waals surface area contributed by atoms with Crippen molar-refractivity contribution >= 4 is 11.4 Å². The number of unbranched alkanes of at least 4 members (excludes halogenated alkanes) is 1. The monoisotopic (exact) mass is 180 g/mol. The molecule has 1 rings (SSSR count). The molecule has 0 heterocycles. The molecule has 3 nitrogen and oxygen atoms in total. The summed E-state index contributed by atoms with van der Waals surface area (Å²) in [4.78, 5) is 0. The summed E-state index contributed by atoms with van der Waals surface area (Å²) in [6.45, 7) is 2.12. The Morgan fingerprint density at radius 2 is 1.92 bits per heavy atom. The van der Waals surface area contributed by atoms with E-state index in [1.807, 2.05) is 6.07 Å². The molecule has 3 heteroatoms. The lowest BCUT2D eigenvalue weighted by Gasteiger charge is -2.08. The Labute approximate surface area is 78.4 Å². The highest BCUT2D eigenvalue weighted by atomic mass is 16.3.